The number of aryl methyl sites for hydroxylation is 2. The van der Waals surface area contributed by atoms with E-state index in [0.717, 1.165) is 16.1 Å². The van der Waals surface area contributed by atoms with E-state index in [2.05, 4.69) is 15.5 Å². The Morgan fingerprint density at radius 3 is 2.67 bits per heavy atom. The molecule has 0 aliphatic heterocycles. The number of hydrogen-bond donors (Lipinski definition) is 2. The molecule has 0 atom stereocenters. The second-order valence-electron chi connectivity index (χ2n) is 4.70. The molecule has 0 saturated heterocycles. The number of benzene rings is 1. The first-order chi connectivity index (χ1) is 10.1. The van der Waals surface area contributed by atoms with Crippen LogP contribution in [0.25, 0.3) is 0 Å². The van der Waals surface area contributed by atoms with Gasteiger partial charge in [0.05, 0.1) is 0 Å². The molecule has 0 aliphatic rings. The fourth-order valence-corrected chi connectivity index (χ4v) is 2.62. The summed E-state index contributed by atoms with van der Waals surface area (Å²) in [6, 6.07) is 5.84. The summed E-state index contributed by atoms with van der Waals surface area (Å²) < 4.78 is 5.48. The van der Waals surface area contributed by atoms with Crippen molar-refractivity contribution in [2.75, 3.05) is 18.5 Å². The summed E-state index contributed by atoms with van der Waals surface area (Å²) >= 11 is 1.32. The second-order valence-corrected chi connectivity index (χ2v) is 5.76. The highest BCUT2D eigenvalue weighted by Gasteiger charge is 2.09. The number of hydrogen-bond acceptors (Lipinski definition) is 6. The van der Waals surface area contributed by atoms with Crippen LogP contribution in [0.2, 0.25) is 0 Å². The highest BCUT2D eigenvalue weighted by atomic mass is 32.1. The maximum atomic E-state index is 11.8. The summed E-state index contributed by atoms with van der Waals surface area (Å²) in [7, 11) is 0. The van der Waals surface area contributed by atoms with E-state index in [4.69, 9.17) is 10.5 Å². The van der Waals surface area contributed by atoms with Gasteiger partial charge in [0, 0.05) is 6.42 Å². The topological polar surface area (TPSA) is 90.1 Å². The van der Waals surface area contributed by atoms with Crippen LogP contribution in [-0.2, 0) is 11.2 Å². The lowest BCUT2D eigenvalue weighted by atomic mass is 10.1. The molecular weight excluding hydrogens is 288 g/mol. The molecule has 0 unspecified atom stereocenters. The summed E-state index contributed by atoms with van der Waals surface area (Å²) in [5.41, 5.74) is 7.64. The van der Waals surface area contributed by atoms with Crippen LogP contribution in [0.15, 0.2) is 18.2 Å². The molecule has 1 aromatic carbocycles. The van der Waals surface area contributed by atoms with Crippen molar-refractivity contribution in [2.24, 2.45) is 5.73 Å². The van der Waals surface area contributed by atoms with Crippen LogP contribution >= 0.6 is 11.3 Å². The lowest BCUT2D eigenvalue weighted by Gasteiger charge is -2.07. The van der Waals surface area contributed by atoms with Crippen LogP contribution in [0.1, 0.15) is 16.1 Å². The molecule has 2 rings (SSSR count). The van der Waals surface area contributed by atoms with Crippen molar-refractivity contribution in [1.29, 1.82) is 0 Å². The Labute approximate surface area is 127 Å². The number of carbonyl (C=O) groups excluding carboxylic acids is 1. The first-order valence-electron chi connectivity index (χ1n) is 6.60. The van der Waals surface area contributed by atoms with Crippen molar-refractivity contribution in [1.82, 2.24) is 10.2 Å². The van der Waals surface area contributed by atoms with E-state index in [1.54, 1.807) is 0 Å². The molecule has 1 amide bonds. The van der Waals surface area contributed by atoms with E-state index >= 15 is 0 Å². The highest BCUT2D eigenvalue weighted by Crippen LogP contribution is 2.17. The average Bonchev–Trinajstić information content (AvgIpc) is 2.83. The normalized spacial score (nSPS) is 10.4. The Kier molecular flexibility index (Phi) is 5.24. The molecular formula is C14H18N4O2S. The Hall–Kier alpha value is -1.99. The van der Waals surface area contributed by atoms with Crippen molar-refractivity contribution >= 4 is 22.4 Å². The maximum Gasteiger partial charge on any atom is 0.264 e. The smallest absolute Gasteiger partial charge is 0.264 e. The molecule has 6 nitrogen and oxygen atoms in total. The molecule has 0 fully saturated rings. The number of amides is 1. The van der Waals surface area contributed by atoms with Gasteiger partial charge in [-0.25, -0.2) is 0 Å². The lowest BCUT2D eigenvalue weighted by molar-refractivity contribution is -0.118. The van der Waals surface area contributed by atoms with E-state index in [-0.39, 0.29) is 12.5 Å². The standard InChI is InChI=1S/C14H18N4O2S/c1-9-5-10(2)7-11(6-9)20-8-12(19)16-14-18-17-13(21-14)3-4-15/h5-7H,3-4,8,15H2,1-2H3,(H,16,18,19). The van der Waals surface area contributed by atoms with Crippen molar-refractivity contribution in [2.45, 2.75) is 20.3 Å². The zero-order valence-corrected chi connectivity index (χ0v) is 12.9. The van der Waals surface area contributed by atoms with E-state index in [9.17, 15) is 4.79 Å². The van der Waals surface area contributed by atoms with Gasteiger partial charge < -0.3 is 10.5 Å². The Bertz CT molecular complexity index is 607. The second kappa shape index (κ2) is 7.14. The summed E-state index contributed by atoms with van der Waals surface area (Å²) in [5, 5.41) is 11.8. The van der Waals surface area contributed by atoms with Gasteiger partial charge in [-0.3, -0.25) is 10.1 Å². The first kappa shape index (κ1) is 15.4. The number of rotatable bonds is 6. The summed E-state index contributed by atoms with van der Waals surface area (Å²) in [4.78, 5) is 11.8. The Morgan fingerprint density at radius 1 is 1.29 bits per heavy atom. The number of aromatic nitrogens is 2. The van der Waals surface area contributed by atoms with Gasteiger partial charge in [-0.15, -0.1) is 10.2 Å². The molecule has 1 heterocycles. The van der Waals surface area contributed by atoms with Gasteiger partial charge in [0.25, 0.3) is 5.91 Å². The maximum absolute atomic E-state index is 11.8. The van der Waals surface area contributed by atoms with Crippen molar-refractivity contribution in [3.63, 3.8) is 0 Å². The molecule has 3 N–H and O–H groups in total. The van der Waals surface area contributed by atoms with Gasteiger partial charge in [0.15, 0.2) is 6.61 Å². The van der Waals surface area contributed by atoms with Gasteiger partial charge in [-0.2, -0.15) is 0 Å². The molecule has 0 aliphatic carbocycles. The summed E-state index contributed by atoms with van der Waals surface area (Å²) in [5.74, 6) is 0.424. The van der Waals surface area contributed by atoms with Gasteiger partial charge in [-0.05, 0) is 43.7 Å². The van der Waals surface area contributed by atoms with E-state index < -0.39 is 0 Å². The number of ether oxygens (including phenoxy) is 1. The van der Waals surface area contributed by atoms with Crippen molar-refractivity contribution < 1.29 is 9.53 Å². The van der Waals surface area contributed by atoms with Gasteiger partial charge in [0.1, 0.15) is 10.8 Å². The number of carbonyl (C=O) groups is 1. The van der Waals surface area contributed by atoms with Crippen molar-refractivity contribution in [3.8, 4) is 5.75 Å². The molecule has 21 heavy (non-hydrogen) atoms. The van der Waals surface area contributed by atoms with Gasteiger partial charge >= 0.3 is 0 Å². The van der Waals surface area contributed by atoms with Gasteiger partial charge in [-0.1, -0.05) is 17.4 Å². The average molecular weight is 306 g/mol. The summed E-state index contributed by atoms with van der Waals surface area (Å²) in [6.45, 7) is 4.42. The minimum Gasteiger partial charge on any atom is -0.484 e. The highest BCUT2D eigenvalue weighted by molar-refractivity contribution is 7.15. The predicted octanol–water partition coefficient (Wildman–Crippen LogP) is 1.67. The van der Waals surface area contributed by atoms with Gasteiger partial charge in [0.2, 0.25) is 5.13 Å². The molecule has 2 aromatic rings. The summed E-state index contributed by atoms with van der Waals surface area (Å²) in [6.07, 6.45) is 0.659. The molecule has 0 saturated carbocycles. The van der Waals surface area contributed by atoms with Crippen LogP contribution in [0.3, 0.4) is 0 Å². The van der Waals surface area contributed by atoms with E-state index in [1.807, 2.05) is 32.0 Å². The molecule has 0 bridgehead atoms. The largest absolute Gasteiger partial charge is 0.484 e. The van der Waals surface area contributed by atoms with Crippen LogP contribution in [-0.4, -0.2) is 29.3 Å². The fourth-order valence-electron chi connectivity index (χ4n) is 1.85. The minimum absolute atomic E-state index is 0.0608. The zero-order valence-electron chi connectivity index (χ0n) is 12.0. The third-order valence-electron chi connectivity index (χ3n) is 2.64. The zero-order chi connectivity index (χ0) is 15.2. The minimum atomic E-state index is -0.260. The van der Waals surface area contributed by atoms with E-state index in [0.29, 0.717) is 23.8 Å². The van der Waals surface area contributed by atoms with Crippen LogP contribution in [0, 0.1) is 13.8 Å². The Balaban J connectivity index is 1.86. The monoisotopic (exact) mass is 306 g/mol. The van der Waals surface area contributed by atoms with Crippen molar-refractivity contribution in [3.05, 3.63) is 34.3 Å². The number of nitrogens with zero attached hydrogens (tertiary/aromatic N) is 2. The van der Waals surface area contributed by atoms with E-state index in [1.165, 1.54) is 11.3 Å². The quantitative estimate of drug-likeness (QED) is 0.847. The Morgan fingerprint density at radius 2 is 2.00 bits per heavy atom. The van der Waals surface area contributed by atoms with Crippen LogP contribution in [0.4, 0.5) is 5.13 Å². The molecule has 0 radical (unpaired) electrons. The number of nitrogens with one attached hydrogen (secondary N) is 1. The third kappa shape index (κ3) is 4.80. The predicted molar refractivity (Wildman–Crippen MR) is 82.7 cm³/mol. The third-order valence-corrected chi connectivity index (χ3v) is 3.53. The number of anilines is 1. The molecule has 0 spiro atoms. The van der Waals surface area contributed by atoms with Crippen LogP contribution < -0.4 is 15.8 Å². The van der Waals surface area contributed by atoms with Crippen LogP contribution in [0.5, 0.6) is 5.75 Å². The number of nitrogens with two attached hydrogens (primary N) is 1. The molecule has 112 valence electrons. The molecule has 7 heteroatoms. The molecule has 1 aromatic heterocycles. The lowest BCUT2D eigenvalue weighted by Crippen LogP contribution is -2.20. The SMILES string of the molecule is Cc1cc(C)cc(OCC(=O)Nc2nnc(CCN)s2)c1. The fraction of sp³-hybridized carbons (Fsp3) is 0.357. The first-order valence-corrected chi connectivity index (χ1v) is 7.42.